The number of halogens is 1. The average Bonchev–Trinajstić information content (AvgIpc) is 2.49. The van der Waals surface area contributed by atoms with Gasteiger partial charge in [0.1, 0.15) is 0 Å². The molecule has 1 rings (SSSR count). The fourth-order valence-electron chi connectivity index (χ4n) is 0.933. The summed E-state index contributed by atoms with van der Waals surface area (Å²) in [7, 11) is 3.40. The molecule has 0 radical (unpaired) electrons. The van der Waals surface area contributed by atoms with Gasteiger partial charge in [-0.05, 0) is 22.0 Å². The topological polar surface area (TPSA) is 32.3 Å². The van der Waals surface area contributed by atoms with Crippen molar-refractivity contribution >= 4 is 33.3 Å². The number of hydrogen-bond acceptors (Lipinski definition) is 2. The van der Waals surface area contributed by atoms with Gasteiger partial charge in [0.15, 0.2) is 0 Å². The third-order valence-electron chi connectivity index (χ3n) is 1.58. The van der Waals surface area contributed by atoms with Crippen molar-refractivity contribution in [3.63, 3.8) is 0 Å². The number of nitrogens with zero attached hydrogens (tertiary/aromatic N) is 1. The largest absolute Gasteiger partial charge is 0.341 e. The van der Waals surface area contributed by atoms with Gasteiger partial charge < -0.3 is 10.2 Å². The van der Waals surface area contributed by atoms with E-state index in [2.05, 4.69) is 21.2 Å². The fraction of sp³-hybridized carbons (Fsp3) is 0.375. The molecule has 2 amide bonds. The van der Waals surface area contributed by atoms with Gasteiger partial charge in [-0.2, -0.15) is 0 Å². The van der Waals surface area contributed by atoms with E-state index < -0.39 is 0 Å². The van der Waals surface area contributed by atoms with E-state index in [1.807, 2.05) is 11.4 Å². The third-order valence-corrected chi connectivity index (χ3v) is 3.26. The highest BCUT2D eigenvalue weighted by Gasteiger charge is 2.07. The molecule has 0 unspecified atom stereocenters. The molecule has 3 nitrogen and oxygen atoms in total. The molecule has 5 heteroatoms. The zero-order valence-electron chi connectivity index (χ0n) is 7.50. The second-order valence-corrected chi connectivity index (χ2v) is 4.55. The first-order valence-corrected chi connectivity index (χ1v) is 5.46. The van der Waals surface area contributed by atoms with E-state index in [0.29, 0.717) is 6.54 Å². The molecule has 0 saturated carbocycles. The van der Waals surface area contributed by atoms with Crippen LogP contribution in [0.2, 0.25) is 0 Å². The molecule has 1 aromatic heterocycles. The molecule has 0 spiro atoms. The summed E-state index contributed by atoms with van der Waals surface area (Å²) in [6.07, 6.45) is 0. The Morgan fingerprint density at radius 2 is 2.46 bits per heavy atom. The van der Waals surface area contributed by atoms with E-state index in [1.165, 1.54) is 0 Å². The highest BCUT2D eigenvalue weighted by atomic mass is 79.9. The molecule has 0 aromatic carbocycles. The van der Waals surface area contributed by atoms with Gasteiger partial charge in [-0.3, -0.25) is 0 Å². The first-order chi connectivity index (χ1) is 6.13. The highest BCUT2D eigenvalue weighted by Crippen LogP contribution is 2.20. The van der Waals surface area contributed by atoms with Gasteiger partial charge in [-0.1, -0.05) is 0 Å². The van der Waals surface area contributed by atoms with E-state index in [-0.39, 0.29) is 6.03 Å². The monoisotopic (exact) mass is 262 g/mol. The molecule has 72 valence electrons. The van der Waals surface area contributed by atoms with Gasteiger partial charge in [-0.25, -0.2) is 4.79 Å². The Labute approximate surface area is 89.9 Å². The van der Waals surface area contributed by atoms with Crippen LogP contribution in [-0.4, -0.2) is 25.0 Å². The summed E-state index contributed by atoms with van der Waals surface area (Å²) in [6, 6.07) is 1.95. The maximum absolute atomic E-state index is 11.1. The maximum atomic E-state index is 11.1. The second kappa shape index (κ2) is 4.62. The summed E-state index contributed by atoms with van der Waals surface area (Å²) < 4.78 is 1.07. The molecule has 0 aliphatic heterocycles. The Balaban J connectivity index is 2.54. The summed E-state index contributed by atoms with van der Waals surface area (Å²) in [6.45, 7) is 0.649. The van der Waals surface area contributed by atoms with Crippen LogP contribution in [0, 0.1) is 0 Å². The highest BCUT2D eigenvalue weighted by molar-refractivity contribution is 9.10. The minimum atomic E-state index is -0.0653. The smallest absolute Gasteiger partial charge is 0.317 e. The summed E-state index contributed by atoms with van der Waals surface area (Å²) in [5, 5.41) is 4.58. The Bertz CT molecular complexity index is 300. The van der Waals surface area contributed by atoms with E-state index in [9.17, 15) is 4.79 Å². The number of rotatable bonds is 2. The number of thiophene rings is 1. The van der Waals surface area contributed by atoms with Crippen molar-refractivity contribution in [1.82, 2.24) is 10.2 Å². The van der Waals surface area contributed by atoms with Crippen LogP contribution in [-0.2, 0) is 6.54 Å². The van der Waals surface area contributed by atoms with Gasteiger partial charge in [0.05, 0.1) is 6.54 Å². The lowest BCUT2D eigenvalue weighted by molar-refractivity contribution is 0.209. The number of carbonyl (C=O) groups is 1. The summed E-state index contributed by atoms with van der Waals surface area (Å²) >= 11 is 5.00. The van der Waals surface area contributed by atoms with E-state index in [0.717, 1.165) is 9.35 Å². The van der Waals surface area contributed by atoms with E-state index in [1.54, 1.807) is 30.3 Å². The second-order valence-electron chi connectivity index (χ2n) is 2.64. The van der Waals surface area contributed by atoms with Crippen LogP contribution >= 0.6 is 27.3 Å². The normalized spacial score (nSPS) is 9.77. The molecule has 0 aliphatic rings. The lowest BCUT2D eigenvalue weighted by atomic mass is 10.4. The van der Waals surface area contributed by atoms with Gasteiger partial charge in [0.25, 0.3) is 0 Å². The lowest BCUT2D eigenvalue weighted by Crippen LogP contribution is -2.34. The Morgan fingerprint density at radius 3 is 2.92 bits per heavy atom. The molecule has 13 heavy (non-hydrogen) atoms. The molecule has 1 aromatic rings. The van der Waals surface area contributed by atoms with Crippen molar-refractivity contribution in [1.29, 1.82) is 0 Å². The minimum Gasteiger partial charge on any atom is -0.341 e. The van der Waals surface area contributed by atoms with Crippen LogP contribution in [0.25, 0.3) is 0 Å². The van der Waals surface area contributed by atoms with Crippen LogP contribution in [0.4, 0.5) is 4.79 Å². The van der Waals surface area contributed by atoms with Crippen LogP contribution in [0.1, 0.15) is 4.88 Å². The summed E-state index contributed by atoms with van der Waals surface area (Å²) in [4.78, 5) is 13.9. The molecule has 0 bridgehead atoms. The van der Waals surface area contributed by atoms with Crippen molar-refractivity contribution in [3.8, 4) is 0 Å². The number of amides is 2. The molecule has 0 aliphatic carbocycles. The zero-order valence-corrected chi connectivity index (χ0v) is 9.91. The Morgan fingerprint density at radius 1 is 1.77 bits per heavy atom. The predicted molar refractivity (Wildman–Crippen MR) is 57.9 cm³/mol. The van der Waals surface area contributed by atoms with Crippen LogP contribution in [0.15, 0.2) is 15.9 Å². The molecule has 0 atom stereocenters. The summed E-state index contributed by atoms with van der Waals surface area (Å²) in [5.74, 6) is 0. The lowest BCUT2D eigenvalue weighted by Gasteiger charge is -2.14. The average molecular weight is 263 g/mol. The third kappa shape index (κ3) is 3.00. The van der Waals surface area contributed by atoms with Crippen molar-refractivity contribution in [2.45, 2.75) is 6.54 Å². The van der Waals surface area contributed by atoms with Crippen molar-refractivity contribution < 1.29 is 4.79 Å². The fourth-order valence-corrected chi connectivity index (χ4v) is 2.44. The first-order valence-electron chi connectivity index (χ1n) is 3.79. The summed E-state index contributed by atoms with van der Waals surface area (Å²) in [5.41, 5.74) is 0. The van der Waals surface area contributed by atoms with Gasteiger partial charge in [0, 0.05) is 28.8 Å². The molecular formula is C8H11BrN2OS. The van der Waals surface area contributed by atoms with E-state index >= 15 is 0 Å². The van der Waals surface area contributed by atoms with Gasteiger partial charge >= 0.3 is 6.03 Å². The molecule has 0 saturated heterocycles. The van der Waals surface area contributed by atoms with Crippen molar-refractivity contribution in [2.75, 3.05) is 14.1 Å². The van der Waals surface area contributed by atoms with E-state index in [4.69, 9.17) is 0 Å². The van der Waals surface area contributed by atoms with Crippen molar-refractivity contribution in [2.24, 2.45) is 0 Å². The molecular weight excluding hydrogens is 252 g/mol. The number of hydrogen-bond donors (Lipinski definition) is 1. The van der Waals surface area contributed by atoms with Gasteiger partial charge in [-0.15, -0.1) is 11.3 Å². The number of urea groups is 1. The number of nitrogens with one attached hydrogen (secondary N) is 1. The quantitative estimate of drug-likeness (QED) is 0.872. The number of carbonyl (C=O) groups excluding carboxylic acids is 1. The Kier molecular flexibility index (Phi) is 3.74. The minimum absolute atomic E-state index is 0.0653. The first kappa shape index (κ1) is 10.5. The maximum Gasteiger partial charge on any atom is 0.317 e. The Hall–Kier alpha value is -0.550. The molecule has 0 fully saturated rings. The van der Waals surface area contributed by atoms with Crippen LogP contribution in [0.3, 0.4) is 0 Å². The predicted octanol–water partition coefficient (Wildman–Crippen LogP) is 2.28. The van der Waals surface area contributed by atoms with Gasteiger partial charge in [0.2, 0.25) is 0 Å². The molecule has 1 N–H and O–H groups in total. The SMILES string of the molecule is CNC(=O)N(C)Cc1cc(Br)cs1. The van der Waals surface area contributed by atoms with Crippen LogP contribution in [0.5, 0.6) is 0 Å². The van der Waals surface area contributed by atoms with Crippen molar-refractivity contribution in [3.05, 3.63) is 20.8 Å². The zero-order chi connectivity index (χ0) is 9.84. The standard InChI is InChI=1S/C8H11BrN2OS/c1-10-8(12)11(2)4-7-3-6(9)5-13-7/h3,5H,4H2,1-2H3,(H,10,12). The molecule has 1 heterocycles. The van der Waals surface area contributed by atoms with Crippen LogP contribution < -0.4 is 5.32 Å².